The number of methoxy groups -OCH3 is 1. The fourth-order valence-corrected chi connectivity index (χ4v) is 7.02. The Kier molecular flexibility index (Phi) is 6.81. The van der Waals surface area contributed by atoms with Crippen molar-refractivity contribution in [3.8, 4) is 16.3 Å². The van der Waals surface area contributed by atoms with Crippen molar-refractivity contribution in [2.24, 2.45) is 5.92 Å². The molecule has 36 heavy (non-hydrogen) atoms. The van der Waals surface area contributed by atoms with Crippen LogP contribution in [0.2, 0.25) is 0 Å². The van der Waals surface area contributed by atoms with Crippen molar-refractivity contribution in [2.45, 2.75) is 50.0 Å². The number of nitrogens with zero attached hydrogens (tertiary/aromatic N) is 2. The van der Waals surface area contributed by atoms with Crippen molar-refractivity contribution >= 4 is 38.0 Å². The van der Waals surface area contributed by atoms with E-state index < -0.39 is 10.0 Å². The first-order chi connectivity index (χ1) is 17.4. The Morgan fingerprint density at radius 1 is 1.14 bits per heavy atom. The maximum Gasteiger partial charge on any atom is 0.280 e. The second kappa shape index (κ2) is 10.0. The number of hydrogen-bond acceptors (Lipinski definition) is 7. The molecular formula is C26H28N4O4S2. The van der Waals surface area contributed by atoms with E-state index in [2.05, 4.69) is 38.7 Å². The average molecular weight is 525 g/mol. The highest BCUT2D eigenvalue weighted by Gasteiger charge is 2.23. The molecule has 0 radical (unpaired) electrons. The smallest absolute Gasteiger partial charge is 0.280 e. The molecule has 2 aromatic carbocycles. The number of nitrogens with one attached hydrogen (secondary N) is 2. The summed E-state index contributed by atoms with van der Waals surface area (Å²) in [6.07, 6.45) is 7.57. The highest BCUT2D eigenvalue weighted by Crippen LogP contribution is 2.38. The SMILES string of the molecule is CCC1CCC(c2ccc(-c3nc(S(=O)(=O)Nc4cc5nc[nH]c(=O)c5cc4OC)cs3)cc2)CC1. The predicted octanol–water partition coefficient (Wildman–Crippen LogP) is 5.54. The van der Waals surface area contributed by atoms with Gasteiger partial charge in [0, 0.05) is 10.9 Å². The summed E-state index contributed by atoms with van der Waals surface area (Å²) < 4.78 is 34.1. The Balaban J connectivity index is 1.35. The van der Waals surface area contributed by atoms with Crippen LogP contribution in [0.5, 0.6) is 5.75 Å². The molecule has 0 bridgehead atoms. The molecule has 2 aromatic heterocycles. The van der Waals surface area contributed by atoms with E-state index >= 15 is 0 Å². The molecule has 1 aliphatic rings. The number of sulfonamides is 1. The van der Waals surface area contributed by atoms with Gasteiger partial charge in [-0.2, -0.15) is 8.42 Å². The molecule has 0 spiro atoms. The second-order valence-electron chi connectivity index (χ2n) is 9.15. The van der Waals surface area contributed by atoms with Gasteiger partial charge in [0.15, 0.2) is 5.03 Å². The monoisotopic (exact) mass is 524 g/mol. The van der Waals surface area contributed by atoms with E-state index in [-0.39, 0.29) is 22.0 Å². The number of aromatic amines is 1. The maximum absolute atomic E-state index is 13.1. The molecule has 1 aliphatic carbocycles. The summed E-state index contributed by atoms with van der Waals surface area (Å²) in [6, 6.07) is 11.3. The lowest BCUT2D eigenvalue weighted by Crippen LogP contribution is -2.15. The van der Waals surface area contributed by atoms with Gasteiger partial charge < -0.3 is 9.72 Å². The Bertz CT molecular complexity index is 1540. The minimum atomic E-state index is -3.99. The summed E-state index contributed by atoms with van der Waals surface area (Å²) >= 11 is 1.28. The number of aromatic nitrogens is 3. The van der Waals surface area contributed by atoms with Gasteiger partial charge in [0.1, 0.15) is 10.8 Å². The molecule has 0 unspecified atom stereocenters. The first-order valence-corrected chi connectivity index (χ1v) is 14.4. The van der Waals surface area contributed by atoms with Crippen LogP contribution in [0, 0.1) is 5.92 Å². The molecule has 1 fully saturated rings. The van der Waals surface area contributed by atoms with Crippen LogP contribution >= 0.6 is 11.3 Å². The Hall–Kier alpha value is -3.24. The number of rotatable bonds is 7. The molecule has 0 atom stereocenters. The molecule has 5 rings (SSSR count). The average Bonchev–Trinajstić information content (AvgIpc) is 3.40. The number of H-pyrrole nitrogens is 1. The number of ether oxygens (including phenoxy) is 1. The Morgan fingerprint density at radius 3 is 2.58 bits per heavy atom. The minimum absolute atomic E-state index is 0.0783. The fraction of sp³-hybridized carbons (Fsp3) is 0.346. The molecule has 2 heterocycles. The Morgan fingerprint density at radius 2 is 1.89 bits per heavy atom. The van der Waals surface area contributed by atoms with Gasteiger partial charge in [-0.1, -0.05) is 37.6 Å². The van der Waals surface area contributed by atoms with Crippen LogP contribution in [0.1, 0.15) is 50.5 Å². The van der Waals surface area contributed by atoms with Gasteiger partial charge in [-0.3, -0.25) is 9.52 Å². The van der Waals surface area contributed by atoms with Crippen molar-refractivity contribution in [2.75, 3.05) is 11.8 Å². The zero-order valence-electron chi connectivity index (χ0n) is 20.2. The van der Waals surface area contributed by atoms with Gasteiger partial charge in [-0.15, -0.1) is 11.3 Å². The molecule has 1 saturated carbocycles. The lowest BCUT2D eigenvalue weighted by Gasteiger charge is -2.28. The highest BCUT2D eigenvalue weighted by molar-refractivity contribution is 7.92. The van der Waals surface area contributed by atoms with Crippen molar-refractivity contribution in [1.29, 1.82) is 0 Å². The van der Waals surface area contributed by atoms with Gasteiger partial charge >= 0.3 is 0 Å². The van der Waals surface area contributed by atoms with Crippen LogP contribution in [0.25, 0.3) is 21.5 Å². The summed E-state index contributed by atoms with van der Waals surface area (Å²) in [7, 11) is -2.58. The molecule has 4 aromatic rings. The van der Waals surface area contributed by atoms with Crippen molar-refractivity contribution in [1.82, 2.24) is 15.0 Å². The topological polar surface area (TPSA) is 114 Å². The van der Waals surface area contributed by atoms with E-state index in [0.717, 1.165) is 11.5 Å². The quantitative estimate of drug-likeness (QED) is 0.328. The van der Waals surface area contributed by atoms with Crippen molar-refractivity contribution in [3.05, 3.63) is 64.0 Å². The van der Waals surface area contributed by atoms with E-state index in [0.29, 0.717) is 21.8 Å². The van der Waals surface area contributed by atoms with Crippen LogP contribution in [0.3, 0.4) is 0 Å². The zero-order valence-corrected chi connectivity index (χ0v) is 21.8. The van der Waals surface area contributed by atoms with Gasteiger partial charge in [0.05, 0.1) is 30.0 Å². The third kappa shape index (κ3) is 4.87. The van der Waals surface area contributed by atoms with Gasteiger partial charge in [0.25, 0.3) is 15.6 Å². The third-order valence-electron chi connectivity index (χ3n) is 7.02. The minimum Gasteiger partial charge on any atom is -0.495 e. The number of benzene rings is 2. The van der Waals surface area contributed by atoms with Crippen LogP contribution in [-0.2, 0) is 10.0 Å². The largest absolute Gasteiger partial charge is 0.495 e. The lowest BCUT2D eigenvalue weighted by molar-refractivity contribution is 0.319. The fourth-order valence-electron chi connectivity index (χ4n) is 4.86. The molecule has 10 heteroatoms. The summed E-state index contributed by atoms with van der Waals surface area (Å²) in [4.78, 5) is 23.0. The molecule has 188 valence electrons. The van der Waals surface area contributed by atoms with Crippen molar-refractivity contribution in [3.63, 3.8) is 0 Å². The normalized spacial score (nSPS) is 18.3. The highest BCUT2D eigenvalue weighted by atomic mass is 32.2. The van der Waals surface area contributed by atoms with Gasteiger partial charge in [-0.25, -0.2) is 9.97 Å². The molecule has 0 aliphatic heterocycles. The van der Waals surface area contributed by atoms with Crippen LogP contribution in [0.15, 0.2) is 57.9 Å². The van der Waals surface area contributed by atoms with E-state index in [9.17, 15) is 13.2 Å². The lowest BCUT2D eigenvalue weighted by atomic mass is 9.78. The predicted molar refractivity (Wildman–Crippen MR) is 142 cm³/mol. The molecule has 8 nitrogen and oxygen atoms in total. The van der Waals surface area contributed by atoms with Crippen LogP contribution < -0.4 is 15.0 Å². The van der Waals surface area contributed by atoms with Crippen LogP contribution in [0.4, 0.5) is 5.69 Å². The Labute approximate surface area is 213 Å². The number of thiazole rings is 1. The zero-order chi connectivity index (χ0) is 25.3. The first-order valence-electron chi connectivity index (χ1n) is 12.0. The van der Waals surface area contributed by atoms with E-state index in [1.165, 1.54) is 80.0 Å². The van der Waals surface area contributed by atoms with E-state index in [1.54, 1.807) is 0 Å². The molecule has 0 amide bonds. The van der Waals surface area contributed by atoms with Gasteiger partial charge in [0.2, 0.25) is 0 Å². The third-order valence-corrected chi connectivity index (χ3v) is 9.31. The summed E-state index contributed by atoms with van der Waals surface area (Å²) in [5.41, 5.74) is 2.42. The van der Waals surface area contributed by atoms with Gasteiger partial charge in [-0.05, 0) is 55.2 Å². The summed E-state index contributed by atoms with van der Waals surface area (Å²) in [5, 5.41) is 2.38. The molecule has 0 saturated heterocycles. The summed E-state index contributed by atoms with van der Waals surface area (Å²) in [6.45, 7) is 2.27. The second-order valence-corrected chi connectivity index (χ2v) is 11.6. The molecular weight excluding hydrogens is 496 g/mol. The number of hydrogen-bond donors (Lipinski definition) is 2. The van der Waals surface area contributed by atoms with Crippen molar-refractivity contribution < 1.29 is 13.2 Å². The first kappa shape index (κ1) is 24.5. The molecule has 2 N–H and O–H groups in total. The van der Waals surface area contributed by atoms with Crippen LogP contribution in [-0.4, -0.2) is 30.5 Å². The number of fused-ring (bicyclic) bond motifs is 1. The van der Waals surface area contributed by atoms with E-state index in [1.807, 2.05) is 12.1 Å². The standard InChI is InChI=1S/C26H28N4O4S2/c1-3-16-4-6-17(7-5-16)18-8-10-19(11-9-18)26-29-24(14-35-26)36(32,33)30-22-13-21-20(12-23(22)34-2)25(31)28-15-27-21/h8-17,30H,3-7H2,1-2H3,(H,27,28,31). The number of anilines is 1. The summed E-state index contributed by atoms with van der Waals surface area (Å²) in [5.74, 6) is 1.67. The maximum atomic E-state index is 13.1. The van der Waals surface area contributed by atoms with E-state index in [4.69, 9.17) is 4.74 Å².